The molecule has 1 atom stereocenters. The Morgan fingerprint density at radius 3 is 2.53 bits per heavy atom. The fourth-order valence-corrected chi connectivity index (χ4v) is 4.67. The fraction of sp³-hybridized carbons (Fsp3) is 0.296. The summed E-state index contributed by atoms with van der Waals surface area (Å²) in [6.07, 6.45) is -0.260. The molecule has 0 aromatic heterocycles. The van der Waals surface area contributed by atoms with Crippen LogP contribution in [0.3, 0.4) is 0 Å². The monoisotopic (exact) mass is 460 g/mol. The summed E-state index contributed by atoms with van der Waals surface area (Å²) in [6.45, 7) is 0.688. The van der Waals surface area contributed by atoms with E-state index in [4.69, 9.17) is 9.47 Å². The first-order valence-corrected chi connectivity index (χ1v) is 11.2. The van der Waals surface area contributed by atoms with Gasteiger partial charge in [0, 0.05) is 32.1 Å². The van der Waals surface area contributed by atoms with Crippen LogP contribution in [0.4, 0.5) is 0 Å². The zero-order valence-electron chi connectivity index (χ0n) is 19.4. The van der Waals surface area contributed by atoms with Crippen molar-refractivity contribution in [2.75, 3.05) is 27.4 Å². The number of imide groups is 1. The summed E-state index contributed by atoms with van der Waals surface area (Å²) in [5.41, 5.74) is 0.185. The van der Waals surface area contributed by atoms with Crippen LogP contribution in [0.2, 0.25) is 0 Å². The molecule has 3 aromatic rings. The number of para-hydroxylation sites is 1. The standard InChI is InChI=1S/C27H28N2O5/c1-33-15-14-29-25(31)17-27(26(29)32,22-12-5-6-13-23(22)34-2)16-24(30)28-18-20-10-7-9-19-8-3-4-11-21(19)20/h3-13H,14-18H2,1-2H3,(H,28,30)/t27-/m1/s1. The largest absolute Gasteiger partial charge is 0.496 e. The van der Waals surface area contributed by atoms with E-state index in [2.05, 4.69) is 5.32 Å². The maximum Gasteiger partial charge on any atom is 0.241 e. The maximum absolute atomic E-state index is 13.6. The van der Waals surface area contributed by atoms with Crippen LogP contribution in [-0.4, -0.2) is 50.0 Å². The van der Waals surface area contributed by atoms with Crippen LogP contribution in [0, 0.1) is 0 Å². The molecule has 4 rings (SSSR count). The number of methoxy groups -OCH3 is 2. The van der Waals surface area contributed by atoms with Crippen LogP contribution in [0.5, 0.6) is 5.75 Å². The first-order valence-electron chi connectivity index (χ1n) is 11.2. The van der Waals surface area contributed by atoms with Gasteiger partial charge < -0.3 is 14.8 Å². The van der Waals surface area contributed by atoms with Crippen molar-refractivity contribution in [1.29, 1.82) is 0 Å². The number of benzene rings is 3. The highest BCUT2D eigenvalue weighted by Gasteiger charge is 2.54. The lowest BCUT2D eigenvalue weighted by molar-refractivity contribution is -0.141. The molecular formula is C27H28N2O5. The van der Waals surface area contributed by atoms with Crippen molar-refractivity contribution in [3.8, 4) is 5.75 Å². The summed E-state index contributed by atoms with van der Waals surface area (Å²) in [5, 5.41) is 5.10. The van der Waals surface area contributed by atoms with Gasteiger partial charge in [-0.1, -0.05) is 60.7 Å². The molecule has 0 bridgehead atoms. The summed E-state index contributed by atoms with van der Waals surface area (Å²) in [5.74, 6) is -0.568. The second kappa shape index (κ2) is 10.1. The lowest BCUT2D eigenvalue weighted by Crippen LogP contribution is -2.43. The Balaban J connectivity index is 1.62. The molecule has 3 amide bonds. The Morgan fingerprint density at radius 1 is 1.00 bits per heavy atom. The summed E-state index contributed by atoms with van der Waals surface area (Å²) in [4.78, 5) is 40.9. The number of fused-ring (bicyclic) bond motifs is 1. The number of hydrogen-bond acceptors (Lipinski definition) is 5. The van der Waals surface area contributed by atoms with Gasteiger partial charge in [-0.2, -0.15) is 0 Å². The highest BCUT2D eigenvalue weighted by atomic mass is 16.5. The van der Waals surface area contributed by atoms with Crippen molar-refractivity contribution < 1.29 is 23.9 Å². The van der Waals surface area contributed by atoms with Crippen LogP contribution in [0.25, 0.3) is 10.8 Å². The number of rotatable bonds is 9. The zero-order valence-corrected chi connectivity index (χ0v) is 19.4. The summed E-state index contributed by atoms with van der Waals surface area (Å²) < 4.78 is 10.6. The number of likely N-dealkylation sites (tertiary alicyclic amines) is 1. The Bertz CT molecular complexity index is 1220. The van der Waals surface area contributed by atoms with E-state index in [1.165, 1.54) is 19.1 Å². The lowest BCUT2D eigenvalue weighted by atomic mass is 9.75. The maximum atomic E-state index is 13.6. The predicted octanol–water partition coefficient (Wildman–Crippen LogP) is 3.20. The topological polar surface area (TPSA) is 84.9 Å². The molecule has 1 fully saturated rings. The van der Waals surface area contributed by atoms with Gasteiger partial charge in [-0.25, -0.2) is 0 Å². The number of nitrogens with zero attached hydrogens (tertiary/aromatic N) is 1. The second-order valence-electron chi connectivity index (χ2n) is 8.39. The molecule has 7 nitrogen and oxygen atoms in total. The Kier molecular flexibility index (Phi) is 6.93. The van der Waals surface area contributed by atoms with E-state index in [-0.39, 0.29) is 37.8 Å². The minimum absolute atomic E-state index is 0.0996. The van der Waals surface area contributed by atoms with Crippen molar-refractivity contribution in [2.24, 2.45) is 0 Å². The van der Waals surface area contributed by atoms with Crippen LogP contribution >= 0.6 is 0 Å². The minimum atomic E-state index is -1.33. The number of hydrogen-bond donors (Lipinski definition) is 1. The van der Waals surface area contributed by atoms with Gasteiger partial charge in [0.2, 0.25) is 17.7 Å². The van der Waals surface area contributed by atoms with E-state index in [1.807, 2.05) is 42.5 Å². The average Bonchev–Trinajstić information content (AvgIpc) is 3.10. The van der Waals surface area contributed by atoms with Crippen LogP contribution in [0.1, 0.15) is 24.0 Å². The van der Waals surface area contributed by atoms with Crippen molar-refractivity contribution in [3.63, 3.8) is 0 Å². The van der Waals surface area contributed by atoms with Gasteiger partial charge in [0.15, 0.2) is 0 Å². The highest BCUT2D eigenvalue weighted by Crippen LogP contribution is 2.43. The van der Waals surface area contributed by atoms with Crippen molar-refractivity contribution in [3.05, 3.63) is 77.9 Å². The van der Waals surface area contributed by atoms with Crippen molar-refractivity contribution >= 4 is 28.5 Å². The molecule has 34 heavy (non-hydrogen) atoms. The van der Waals surface area contributed by atoms with E-state index in [0.717, 1.165) is 16.3 Å². The van der Waals surface area contributed by atoms with Gasteiger partial charge >= 0.3 is 0 Å². The molecule has 1 aliphatic heterocycles. The van der Waals surface area contributed by atoms with Crippen molar-refractivity contribution in [1.82, 2.24) is 10.2 Å². The smallest absolute Gasteiger partial charge is 0.241 e. The Labute approximate surface area is 198 Å². The lowest BCUT2D eigenvalue weighted by Gasteiger charge is -2.28. The molecule has 0 aliphatic carbocycles. The average molecular weight is 461 g/mol. The number of nitrogens with one attached hydrogen (secondary N) is 1. The highest BCUT2D eigenvalue weighted by molar-refractivity contribution is 6.11. The number of carbonyl (C=O) groups is 3. The SMILES string of the molecule is COCCN1C(=O)C[C@](CC(=O)NCc2cccc3ccccc23)(c2ccccc2OC)C1=O. The van der Waals surface area contributed by atoms with Crippen molar-refractivity contribution in [2.45, 2.75) is 24.8 Å². The molecule has 7 heteroatoms. The molecule has 0 saturated carbocycles. The van der Waals surface area contributed by atoms with E-state index >= 15 is 0 Å². The molecule has 1 heterocycles. The first-order chi connectivity index (χ1) is 16.5. The van der Waals surface area contributed by atoms with E-state index < -0.39 is 11.3 Å². The first kappa shape index (κ1) is 23.4. The van der Waals surface area contributed by atoms with E-state index in [9.17, 15) is 14.4 Å². The predicted molar refractivity (Wildman–Crippen MR) is 128 cm³/mol. The molecular weight excluding hydrogens is 432 g/mol. The second-order valence-corrected chi connectivity index (χ2v) is 8.39. The van der Waals surface area contributed by atoms with Gasteiger partial charge in [-0.3, -0.25) is 19.3 Å². The number of amides is 3. The van der Waals surface area contributed by atoms with Gasteiger partial charge in [0.05, 0.1) is 25.7 Å². The Morgan fingerprint density at radius 2 is 1.74 bits per heavy atom. The molecule has 176 valence electrons. The third-order valence-electron chi connectivity index (χ3n) is 6.37. The molecule has 0 unspecified atom stereocenters. The van der Waals surface area contributed by atoms with Gasteiger partial charge in [-0.15, -0.1) is 0 Å². The third kappa shape index (κ3) is 4.39. The van der Waals surface area contributed by atoms with Crippen LogP contribution < -0.4 is 10.1 Å². The van der Waals surface area contributed by atoms with E-state index in [1.54, 1.807) is 24.3 Å². The molecule has 0 radical (unpaired) electrons. The van der Waals surface area contributed by atoms with Gasteiger partial charge in [0.25, 0.3) is 0 Å². The van der Waals surface area contributed by atoms with Crippen LogP contribution in [-0.2, 0) is 31.1 Å². The normalized spacial score (nSPS) is 17.9. The molecule has 0 spiro atoms. The minimum Gasteiger partial charge on any atom is -0.496 e. The summed E-state index contributed by atoms with van der Waals surface area (Å²) in [7, 11) is 3.02. The molecule has 3 aromatic carbocycles. The van der Waals surface area contributed by atoms with Gasteiger partial charge in [-0.05, 0) is 22.4 Å². The third-order valence-corrected chi connectivity index (χ3v) is 6.37. The molecule has 1 aliphatic rings. The summed E-state index contributed by atoms with van der Waals surface area (Å²) in [6, 6.07) is 21.0. The van der Waals surface area contributed by atoms with Crippen LogP contribution in [0.15, 0.2) is 66.7 Å². The molecule has 1 N–H and O–H groups in total. The molecule has 1 saturated heterocycles. The number of carbonyl (C=O) groups excluding carboxylic acids is 3. The number of ether oxygens (including phenoxy) is 2. The van der Waals surface area contributed by atoms with Gasteiger partial charge in [0.1, 0.15) is 5.75 Å². The zero-order chi connectivity index (χ0) is 24.1. The fourth-order valence-electron chi connectivity index (χ4n) is 4.67. The quantitative estimate of drug-likeness (QED) is 0.496. The Hall–Kier alpha value is -3.71. The summed E-state index contributed by atoms with van der Waals surface area (Å²) >= 11 is 0. The van der Waals surface area contributed by atoms with E-state index in [0.29, 0.717) is 17.9 Å².